The van der Waals surface area contributed by atoms with Gasteiger partial charge in [-0.1, -0.05) is 24.1 Å². The van der Waals surface area contributed by atoms with Crippen LogP contribution < -0.4 is 4.74 Å². The minimum Gasteiger partial charge on any atom is -0.490 e. The molecule has 0 aliphatic carbocycles. The molecule has 7 nitrogen and oxygen atoms in total. The predicted molar refractivity (Wildman–Crippen MR) is 135 cm³/mol. The van der Waals surface area contributed by atoms with Gasteiger partial charge in [0, 0.05) is 5.56 Å². The highest BCUT2D eigenvalue weighted by molar-refractivity contribution is 6.52. The summed E-state index contributed by atoms with van der Waals surface area (Å²) in [5.41, 5.74) is -0.606. The summed E-state index contributed by atoms with van der Waals surface area (Å²) in [7, 11) is -0.687. The lowest BCUT2D eigenvalue weighted by molar-refractivity contribution is 0.00578. The molecule has 0 aromatic heterocycles. The molecule has 1 aromatic carbocycles. The van der Waals surface area contributed by atoms with E-state index in [0.717, 1.165) is 12.0 Å². The van der Waals surface area contributed by atoms with Crippen LogP contribution in [0.4, 0.5) is 0 Å². The van der Waals surface area contributed by atoms with Gasteiger partial charge in [-0.2, -0.15) is 0 Å². The molecule has 0 atom stereocenters. The maximum atomic E-state index is 10.6. The Morgan fingerprint density at radius 2 is 1.18 bits per heavy atom. The number of rotatable bonds is 7. The summed E-state index contributed by atoms with van der Waals surface area (Å²) in [6.07, 6.45) is 4.31. The van der Waals surface area contributed by atoms with Crippen molar-refractivity contribution >= 4 is 20.5 Å². The second kappa shape index (κ2) is 11.2. The van der Waals surface area contributed by atoms with E-state index in [1.54, 1.807) is 36.3 Å². The zero-order valence-electron chi connectivity index (χ0n) is 21.7. The molecule has 2 heterocycles. The molecule has 2 aliphatic rings. The van der Waals surface area contributed by atoms with E-state index in [-0.39, 0.29) is 43.2 Å². The molecule has 9 heteroatoms. The number of hydrogen-bond acceptors (Lipinski definition) is 7. The molecule has 3 rings (SSSR count). The van der Waals surface area contributed by atoms with Crippen LogP contribution in [0.1, 0.15) is 65.7 Å². The monoisotopic (exact) mass is 472 g/mol. The molecule has 0 amide bonds. The van der Waals surface area contributed by atoms with Gasteiger partial charge in [-0.15, -0.1) is 0 Å². The number of carbonyl (C=O) groups excluding carboxylic acids is 1. The first-order chi connectivity index (χ1) is 15.7. The Morgan fingerprint density at radius 1 is 0.765 bits per heavy atom. The van der Waals surface area contributed by atoms with Crippen molar-refractivity contribution in [2.45, 2.75) is 77.8 Å². The highest BCUT2D eigenvalue weighted by Crippen LogP contribution is 2.37. The highest BCUT2D eigenvalue weighted by atomic mass is 16.7. The van der Waals surface area contributed by atoms with Crippen molar-refractivity contribution < 1.29 is 33.3 Å². The van der Waals surface area contributed by atoms with Gasteiger partial charge in [0.15, 0.2) is 0 Å². The van der Waals surface area contributed by atoms with Gasteiger partial charge in [0.25, 0.3) is 0 Å². The van der Waals surface area contributed by atoms with Crippen LogP contribution in [0.5, 0.6) is 5.75 Å². The van der Waals surface area contributed by atoms with Crippen molar-refractivity contribution in [3.8, 4) is 5.75 Å². The first-order valence-electron chi connectivity index (χ1n) is 11.6. The van der Waals surface area contributed by atoms with E-state index >= 15 is 0 Å². The molecule has 0 bridgehead atoms. The van der Waals surface area contributed by atoms with Gasteiger partial charge in [0.2, 0.25) is 0 Å². The average Bonchev–Trinajstić information content (AvgIpc) is 3.09. The summed E-state index contributed by atoms with van der Waals surface area (Å²) >= 11 is 0. The number of hydrogen-bond donors (Lipinski definition) is 1. The molecule has 2 saturated heterocycles. The number of benzene rings is 1. The van der Waals surface area contributed by atoms with Crippen LogP contribution in [0.2, 0.25) is 0 Å². The third kappa shape index (κ3) is 7.30. The number of carbonyl (C=O) groups is 1. The zero-order chi connectivity index (χ0) is 25.6. The Balaban J connectivity index is 0.000000270. The lowest BCUT2D eigenvalue weighted by Gasteiger charge is -2.32. The molecule has 0 unspecified atom stereocenters. The lowest BCUT2D eigenvalue weighted by Crippen LogP contribution is -2.41. The third-order valence-electron chi connectivity index (χ3n) is 6.60. The first-order valence-corrected chi connectivity index (χ1v) is 11.6. The number of aliphatic hydroxyl groups excluding tert-OH is 1. The van der Waals surface area contributed by atoms with Gasteiger partial charge >= 0.3 is 14.2 Å². The summed E-state index contributed by atoms with van der Waals surface area (Å²) in [6.45, 7) is 16.5. The van der Waals surface area contributed by atoms with Gasteiger partial charge in [-0.3, -0.25) is 4.79 Å². The quantitative estimate of drug-likeness (QED) is 0.470. The molecule has 0 saturated carbocycles. The second-order valence-electron chi connectivity index (χ2n) is 10.3. The molecule has 34 heavy (non-hydrogen) atoms. The Kier molecular flexibility index (Phi) is 9.36. The summed E-state index contributed by atoms with van der Waals surface area (Å²) in [5, 5.41) is 8.59. The fourth-order valence-electron chi connectivity index (χ4n) is 3.06. The van der Waals surface area contributed by atoms with Gasteiger partial charge < -0.3 is 28.5 Å². The molecular formula is C25H38B2O7. The number of aldehydes is 1. The zero-order valence-corrected chi connectivity index (χ0v) is 21.7. The number of ether oxygens (including phenoxy) is 1. The van der Waals surface area contributed by atoms with Crippen LogP contribution in [-0.2, 0) is 18.6 Å². The molecule has 0 spiro atoms. The average molecular weight is 472 g/mol. The summed E-state index contributed by atoms with van der Waals surface area (Å²) < 4.78 is 28.5. The normalized spacial score (nSPS) is 22.1. The van der Waals surface area contributed by atoms with E-state index < -0.39 is 0 Å². The minimum absolute atomic E-state index is 0.0179. The minimum atomic E-state index is -0.351. The highest BCUT2D eigenvalue weighted by Gasteiger charge is 2.50. The molecule has 0 radical (unpaired) electrons. The van der Waals surface area contributed by atoms with Crippen molar-refractivity contribution in [2.24, 2.45) is 0 Å². The van der Waals surface area contributed by atoms with E-state index in [9.17, 15) is 4.79 Å². The van der Waals surface area contributed by atoms with Crippen molar-refractivity contribution in [1.29, 1.82) is 0 Å². The van der Waals surface area contributed by atoms with E-state index in [0.29, 0.717) is 12.2 Å². The van der Waals surface area contributed by atoms with Gasteiger partial charge in [0.05, 0.1) is 29.0 Å². The Morgan fingerprint density at radius 3 is 1.56 bits per heavy atom. The van der Waals surface area contributed by atoms with Crippen molar-refractivity contribution in [3.05, 3.63) is 53.9 Å². The molecule has 2 aliphatic heterocycles. The second-order valence-corrected chi connectivity index (χ2v) is 10.3. The Bertz CT molecular complexity index is 829. The SMILES string of the molecule is CC1(C)OB(/C=C/CO)OC1(C)C.CC1(C)OB(/C=C/COc2ccc(C=O)cc2)OC1(C)C. The Hall–Kier alpha value is -1.90. The number of aliphatic hydroxyl groups is 1. The lowest BCUT2D eigenvalue weighted by atomic mass is 9.90. The van der Waals surface area contributed by atoms with Crippen LogP contribution in [-0.4, -0.2) is 61.2 Å². The van der Waals surface area contributed by atoms with Gasteiger partial charge in [0.1, 0.15) is 18.6 Å². The maximum absolute atomic E-state index is 10.6. The van der Waals surface area contributed by atoms with Crippen LogP contribution >= 0.6 is 0 Å². The third-order valence-corrected chi connectivity index (χ3v) is 6.60. The van der Waals surface area contributed by atoms with Gasteiger partial charge in [-0.25, -0.2) is 0 Å². The van der Waals surface area contributed by atoms with Gasteiger partial charge in [-0.05, 0) is 79.7 Å². The van der Waals surface area contributed by atoms with Crippen molar-refractivity contribution in [1.82, 2.24) is 0 Å². The molecule has 1 N–H and O–H groups in total. The van der Waals surface area contributed by atoms with Crippen LogP contribution in [0, 0.1) is 0 Å². The van der Waals surface area contributed by atoms with Crippen LogP contribution in [0.15, 0.2) is 48.4 Å². The van der Waals surface area contributed by atoms with E-state index in [1.165, 1.54) is 0 Å². The van der Waals surface area contributed by atoms with E-state index in [1.807, 2.05) is 67.4 Å². The summed E-state index contributed by atoms with van der Waals surface area (Å²) in [5.74, 6) is 4.31. The fourth-order valence-corrected chi connectivity index (χ4v) is 3.06. The van der Waals surface area contributed by atoms with E-state index in [2.05, 4.69) is 0 Å². The molecule has 186 valence electrons. The van der Waals surface area contributed by atoms with Crippen LogP contribution in [0.3, 0.4) is 0 Å². The summed E-state index contributed by atoms with van der Waals surface area (Å²) in [4.78, 5) is 10.6. The van der Waals surface area contributed by atoms with E-state index in [4.69, 9.17) is 28.5 Å². The molecule has 1 aromatic rings. The maximum Gasteiger partial charge on any atom is 0.486 e. The molecule has 2 fully saturated rings. The standard InChI is InChI=1S/C16H21BO4.C9H17BO3/c1-15(2)16(3,4)21-17(20-15)10-5-11-19-14-8-6-13(12-18)7-9-14;1-8(2)9(3,4)13-10(12-8)6-5-7-11/h5-10,12H,11H2,1-4H3;5-6,11H,7H2,1-4H3/b10-5+;6-5+. The topological polar surface area (TPSA) is 83.5 Å². The fraction of sp³-hybridized carbons (Fsp3) is 0.560. The summed E-state index contributed by atoms with van der Waals surface area (Å²) in [6, 6.07) is 6.99. The molecular weight excluding hydrogens is 434 g/mol. The smallest absolute Gasteiger partial charge is 0.486 e. The predicted octanol–water partition coefficient (Wildman–Crippen LogP) is 4.23. The van der Waals surface area contributed by atoms with Crippen molar-refractivity contribution in [2.75, 3.05) is 13.2 Å². The van der Waals surface area contributed by atoms with Crippen molar-refractivity contribution in [3.63, 3.8) is 0 Å². The van der Waals surface area contributed by atoms with Crippen LogP contribution in [0.25, 0.3) is 0 Å². The Labute approximate surface area is 204 Å². The first kappa shape index (κ1) is 28.3. The largest absolute Gasteiger partial charge is 0.490 e.